The fraction of sp³-hybridized carbons (Fsp3) is 0.412. The maximum absolute atomic E-state index is 15.2. The quantitative estimate of drug-likeness (QED) is 0.234. The Morgan fingerprint density at radius 3 is 2.53 bits per heavy atom. The third-order valence-corrected chi connectivity index (χ3v) is 8.92. The summed E-state index contributed by atoms with van der Waals surface area (Å²) in [7, 11) is 0. The largest absolute Gasteiger partial charge is 0.453 e. The van der Waals surface area contributed by atoms with Crippen LogP contribution in [0.4, 0.5) is 17.6 Å². The van der Waals surface area contributed by atoms with Crippen LogP contribution in [0.15, 0.2) is 48.7 Å². The van der Waals surface area contributed by atoms with E-state index in [1.54, 1.807) is 29.3 Å². The Bertz CT molecular complexity index is 1710. The minimum absolute atomic E-state index is 0.0307. The molecule has 2 aliphatic rings. The van der Waals surface area contributed by atoms with E-state index >= 15 is 4.39 Å². The molecule has 1 unspecified atom stereocenters. The molecule has 0 spiro atoms. The number of halogens is 4. The molecule has 4 heterocycles. The van der Waals surface area contributed by atoms with Crippen molar-refractivity contribution in [3.05, 3.63) is 88.0 Å². The van der Waals surface area contributed by atoms with Gasteiger partial charge >= 0.3 is 6.18 Å². The number of pyridine rings is 1. The van der Waals surface area contributed by atoms with Crippen LogP contribution < -0.4 is 4.74 Å². The lowest BCUT2D eigenvalue weighted by molar-refractivity contribution is -0.138. The predicted octanol–water partition coefficient (Wildman–Crippen LogP) is 6.65. The topological polar surface area (TPSA) is 64.7 Å². The number of H-pyrrole nitrogens is 1. The second kappa shape index (κ2) is 12.4. The summed E-state index contributed by atoms with van der Waals surface area (Å²) >= 11 is 0. The molecule has 45 heavy (non-hydrogen) atoms. The van der Waals surface area contributed by atoms with Crippen molar-refractivity contribution in [3.63, 3.8) is 0 Å². The minimum Gasteiger partial charge on any atom is -0.453 e. The van der Waals surface area contributed by atoms with Gasteiger partial charge in [0.15, 0.2) is 11.6 Å². The number of aromatic amines is 1. The summed E-state index contributed by atoms with van der Waals surface area (Å²) < 4.78 is 63.7. The van der Waals surface area contributed by atoms with Gasteiger partial charge in [-0.1, -0.05) is 26.0 Å². The van der Waals surface area contributed by atoms with Crippen LogP contribution in [0.1, 0.15) is 53.3 Å². The Morgan fingerprint density at radius 1 is 1.04 bits per heavy atom. The number of ether oxygens (including phenoxy) is 1. The van der Waals surface area contributed by atoms with Gasteiger partial charge in [0.25, 0.3) is 0 Å². The van der Waals surface area contributed by atoms with Crippen molar-refractivity contribution in [3.8, 4) is 11.5 Å². The van der Waals surface area contributed by atoms with Crippen LogP contribution in [0.5, 0.6) is 11.5 Å². The monoisotopic (exact) mass is 623 g/mol. The van der Waals surface area contributed by atoms with Crippen LogP contribution in [0.25, 0.3) is 11.0 Å². The van der Waals surface area contributed by atoms with Crippen molar-refractivity contribution >= 4 is 16.9 Å². The molecule has 1 saturated heterocycles. The number of fused-ring (bicyclic) bond motifs is 2. The molecule has 4 aromatic rings. The van der Waals surface area contributed by atoms with Crippen LogP contribution in [-0.4, -0.2) is 69.8 Å². The lowest BCUT2D eigenvalue weighted by Gasteiger charge is -2.34. The van der Waals surface area contributed by atoms with E-state index in [0.717, 1.165) is 61.0 Å². The molecule has 2 aromatic heterocycles. The normalized spacial score (nSPS) is 17.9. The van der Waals surface area contributed by atoms with Gasteiger partial charge in [0.2, 0.25) is 5.91 Å². The molecule has 1 atom stereocenters. The Labute approximate surface area is 259 Å². The van der Waals surface area contributed by atoms with Gasteiger partial charge in [-0.05, 0) is 72.0 Å². The summed E-state index contributed by atoms with van der Waals surface area (Å²) in [6.45, 7) is 10.7. The van der Waals surface area contributed by atoms with Crippen molar-refractivity contribution in [2.75, 3.05) is 39.3 Å². The molecule has 0 aliphatic carbocycles. The van der Waals surface area contributed by atoms with Gasteiger partial charge in [-0.2, -0.15) is 13.2 Å². The maximum atomic E-state index is 15.2. The standard InChI is InChI=1S/C34H37F4N5O2/c1-4-41-9-11-42(12-10-41)19-24-6-5-23(14-28(24)34(36,37)38)15-32(44)43-18-21(2)26-17-29(35)31(16-25(26)20-43)45-30-7-8-39-33-27(30)13-22(3)40-33/h5-8,13-14,16-17,21H,4,9-12,15,18-20H2,1-3H3,(H,39,40). The van der Waals surface area contributed by atoms with Gasteiger partial charge in [-0.15, -0.1) is 0 Å². The number of rotatable bonds is 7. The fourth-order valence-electron chi connectivity index (χ4n) is 6.44. The number of likely N-dealkylation sites (N-methyl/N-ethyl adjacent to an activating group) is 1. The van der Waals surface area contributed by atoms with E-state index in [9.17, 15) is 18.0 Å². The molecule has 1 amide bonds. The van der Waals surface area contributed by atoms with Crippen LogP contribution in [0, 0.1) is 12.7 Å². The van der Waals surface area contributed by atoms with Crippen molar-refractivity contribution in [2.24, 2.45) is 0 Å². The van der Waals surface area contributed by atoms with E-state index in [2.05, 4.69) is 21.8 Å². The third-order valence-electron chi connectivity index (χ3n) is 8.92. The molecular weight excluding hydrogens is 586 g/mol. The van der Waals surface area contributed by atoms with Crippen molar-refractivity contribution in [1.29, 1.82) is 0 Å². The highest BCUT2D eigenvalue weighted by atomic mass is 19.4. The van der Waals surface area contributed by atoms with E-state index in [1.807, 2.05) is 24.8 Å². The first kappa shape index (κ1) is 31.0. The Hall–Kier alpha value is -3.96. The lowest BCUT2D eigenvalue weighted by Crippen LogP contribution is -2.45. The predicted molar refractivity (Wildman–Crippen MR) is 164 cm³/mol. The van der Waals surface area contributed by atoms with Gasteiger partial charge in [0.05, 0.1) is 17.4 Å². The van der Waals surface area contributed by atoms with Crippen LogP contribution in [0.2, 0.25) is 0 Å². The number of carbonyl (C=O) groups excluding carboxylic acids is 1. The van der Waals surface area contributed by atoms with E-state index in [4.69, 9.17) is 4.74 Å². The number of alkyl halides is 3. The number of hydrogen-bond donors (Lipinski definition) is 1. The molecule has 1 fully saturated rings. The molecule has 11 heteroatoms. The number of benzene rings is 2. The number of piperazine rings is 1. The van der Waals surface area contributed by atoms with Crippen LogP contribution in [0.3, 0.4) is 0 Å². The summed E-state index contributed by atoms with van der Waals surface area (Å²) in [5, 5.41) is 0.723. The molecule has 6 rings (SSSR count). The maximum Gasteiger partial charge on any atom is 0.416 e. The average Bonchev–Trinajstić information content (AvgIpc) is 3.39. The smallest absolute Gasteiger partial charge is 0.416 e. The van der Waals surface area contributed by atoms with E-state index in [1.165, 1.54) is 12.1 Å². The van der Waals surface area contributed by atoms with Gasteiger partial charge in [-0.25, -0.2) is 9.37 Å². The first-order chi connectivity index (χ1) is 21.5. The molecule has 0 bridgehead atoms. The number of carbonyl (C=O) groups is 1. The number of aryl methyl sites for hydroxylation is 1. The van der Waals surface area contributed by atoms with Gasteiger partial charge < -0.3 is 19.5 Å². The van der Waals surface area contributed by atoms with Crippen molar-refractivity contribution < 1.29 is 27.1 Å². The fourth-order valence-corrected chi connectivity index (χ4v) is 6.44. The molecule has 1 N–H and O–H groups in total. The van der Waals surface area contributed by atoms with E-state index < -0.39 is 17.6 Å². The molecular formula is C34H37F4N5O2. The molecule has 238 valence electrons. The first-order valence-corrected chi connectivity index (χ1v) is 15.3. The number of amides is 1. The van der Waals surface area contributed by atoms with E-state index in [-0.39, 0.29) is 42.6 Å². The number of hydrogen-bond acceptors (Lipinski definition) is 5. The van der Waals surface area contributed by atoms with Gasteiger partial charge in [-0.3, -0.25) is 9.69 Å². The average molecular weight is 624 g/mol. The van der Waals surface area contributed by atoms with E-state index in [0.29, 0.717) is 23.5 Å². The number of nitrogens with zero attached hydrogens (tertiary/aromatic N) is 4. The zero-order valence-corrected chi connectivity index (χ0v) is 25.7. The number of aromatic nitrogens is 2. The Morgan fingerprint density at radius 2 is 1.80 bits per heavy atom. The second-order valence-electron chi connectivity index (χ2n) is 12.2. The first-order valence-electron chi connectivity index (χ1n) is 15.3. The van der Waals surface area contributed by atoms with Crippen LogP contribution >= 0.6 is 0 Å². The highest BCUT2D eigenvalue weighted by Crippen LogP contribution is 2.37. The zero-order chi connectivity index (χ0) is 31.9. The summed E-state index contributed by atoms with van der Waals surface area (Å²) in [6, 6.07) is 10.9. The lowest BCUT2D eigenvalue weighted by atomic mass is 9.90. The van der Waals surface area contributed by atoms with Gasteiger partial charge in [0, 0.05) is 57.7 Å². The van der Waals surface area contributed by atoms with Crippen molar-refractivity contribution in [1.82, 2.24) is 24.7 Å². The molecule has 7 nitrogen and oxygen atoms in total. The van der Waals surface area contributed by atoms with Crippen molar-refractivity contribution in [2.45, 2.75) is 52.4 Å². The highest BCUT2D eigenvalue weighted by Gasteiger charge is 2.35. The zero-order valence-electron chi connectivity index (χ0n) is 25.7. The SMILES string of the molecule is CCN1CCN(Cc2ccc(CC(=O)N3Cc4cc(Oc5ccnc6[nH]c(C)cc56)c(F)cc4C(C)C3)cc2C(F)(F)F)CC1. The van der Waals surface area contributed by atoms with Crippen LogP contribution in [-0.2, 0) is 30.5 Å². The third kappa shape index (κ3) is 6.69. The summed E-state index contributed by atoms with van der Waals surface area (Å²) in [5.41, 5.74) is 2.89. The molecule has 0 saturated carbocycles. The highest BCUT2D eigenvalue weighted by molar-refractivity contribution is 5.83. The summed E-state index contributed by atoms with van der Waals surface area (Å²) in [5.74, 6) is -0.475. The Kier molecular flexibility index (Phi) is 8.58. The summed E-state index contributed by atoms with van der Waals surface area (Å²) in [4.78, 5) is 26.8. The summed E-state index contributed by atoms with van der Waals surface area (Å²) in [6.07, 6.45) is -3.11. The van der Waals surface area contributed by atoms with Gasteiger partial charge in [0.1, 0.15) is 11.4 Å². The molecule has 2 aromatic carbocycles. The minimum atomic E-state index is -4.53. The number of nitrogens with one attached hydrogen (secondary N) is 1. The Balaban J connectivity index is 1.18. The second-order valence-corrected chi connectivity index (χ2v) is 12.2. The molecule has 0 radical (unpaired) electrons. The molecule has 2 aliphatic heterocycles.